The molecule has 0 aromatic heterocycles. The maximum absolute atomic E-state index is 13.3. The fraction of sp³-hybridized carbons (Fsp3) is 0.286. The van der Waals surface area contributed by atoms with Crippen LogP contribution in [0, 0.1) is 5.82 Å². The van der Waals surface area contributed by atoms with E-state index >= 15 is 0 Å². The van der Waals surface area contributed by atoms with Crippen LogP contribution in [0.25, 0.3) is 5.70 Å². The van der Waals surface area contributed by atoms with Crippen LogP contribution in [0.4, 0.5) is 4.39 Å². The van der Waals surface area contributed by atoms with Gasteiger partial charge in [-0.2, -0.15) is 0 Å². The van der Waals surface area contributed by atoms with Crippen molar-refractivity contribution in [2.75, 3.05) is 0 Å². The number of benzene rings is 1. The first-order valence-electron chi connectivity index (χ1n) is 6.15. The lowest BCUT2D eigenvalue weighted by Gasteiger charge is -2.30. The molecule has 0 saturated carbocycles. The van der Waals surface area contributed by atoms with Crippen molar-refractivity contribution in [3.63, 3.8) is 0 Å². The van der Waals surface area contributed by atoms with Crippen LogP contribution in [0.1, 0.15) is 30.2 Å². The minimum absolute atomic E-state index is 0.134. The Kier molecular flexibility index (Phi) is 3.85. The average molecular weight is 278 g/mol. The van der Waals surface area contributed by atoms with Gasteiger partial charge in [0.05, 0.1) is 0 Å². The second-order valence-electron chi connectivity index (χ2n) is 4.62. The number of hydrogen-bond donors (Lipinski definition) is 2. The molecule has 3 N–H and O–H groups in total. The number of rotatable bonds is 5. The molecule has 1 aromatic rings. The summed E-state index contributed by atoms with van der Waals surface area (Å²) >= 11 is 0. The molecule has 2 unspecified atom stereocenters. The zero-order chi connectivity index (χ0) is 14.9. The standard InChI is InChI=1S/C14H15FN2O3/c1-8-10-5-4-9(15)7-11(10)14(20)17(8)12(13(16)19)3-2-6-18/h4-7,12,14,20H,1-3H2,(H2,16,19). The Labute approximate surface area is 115 Å². The van der Waals surface area contributed by atoms with Crippen LogP contribution in [-0.4, -0.2) is 28.2 Å². The molecule has 1 heterocycles. The maximum atomic E-state index is 13.3. The first kappa shape index (κ1) is 14.2. The smallest absolute Gasteiger partial charge is 0.240 e. The summed E-state index contributed by atoms with van der Waals surface area (Å²) in [5.74, 6) is -1.15. The second-order valence-corrected chi connectivity index (χ2v) is 4.62. The van der Waals surface area contributed by atoms with E-state index in [-0.39, 0.29) is 12.8 Å². The van der Waals surface area contributed by atoms with Gasteiger partial charge in [-0.25, -0.2) is 4.39 Å². The molecule has 106 valence electrons. The lowest BCUT2D eigenvalue weighted by Crippen LogP contribution is -2.43. The zero-order valence-corrected chi connectivity index (χ0v) is 10.8. The van der Waals surface area contributed by atoms with Gasteiger partial charge in [-0.3, -0.25) is 4.79 Å². The van der Waals surface area contributed by atoms with Crippen molar-refractivity contribution in [2.24, 2.45) is 5.73 Å². The van der Waals surface area contributed by atoms with E-state index in [2.05, 4.69) is 6.58 Å². The summed E-state index contributed by atoms with van der Waals surface area (Å²) in [5.41, 5.74) is 6.62. The molecule has 0 bridgehead atoms. The van der Waals surface area contributed by atoms with Crippen LogP contribution in [-0.2, 0) is 9.59 Å². The number of nitrogens with zero attached hydrogens (tertiary/aromatic N) is 1. The number of carbonyl (C=O) groups excluding carboxylic acids is 2. The molecule has 1 aliphatic heterocycles. The van der Waals surface area contributed by atoms with E-state index in [4.69, 9.17) is 5.73 Å². The molecule has 0 saturated heterocycles. The first-order valence-corrected chi connectivity index (χ1v) is 6.15. The van der Waals surface area contributed by atoms with E-state index in [1.165, 1.54) is 23.1 Å². The number of carbonyl (C=O) groups is 2. The molecule has 2 rings (SSSR count). The van der Waals surface area contributed by atoms with Gasteiger partial charge in [-0.05, 0) is 24.6 Å². The van der Waals surface area contributed by atoms with Gasteiger partial charge in [0.25, 0.3) is 0 Å². The molecule has 0 radical (unpaired) electrons. The number of nitrogens with two attached hydrogens (primary N) is 1. The molecule has 0 fully saturated rings. The van der Waals surface area contributed by atoms with Crippen LogP contribution in [0.5, 0.6) is 0 Å². The third-order valence-electron chi connectivity index (χ3n) is 3.40. The monoisotopic (exact) mass is 278 g/mol. The van der Waals surface area contributed by atoms with Gasteiger partial charge in [-0.1, -0.05) is 6.58 Å². The summed E-state index contributed by atoms with van der Waals surface area (Å²) in [6.45, 7) is 3.82. The minimum Gasteiger partial charge on any atom is -0.369 e. The Balaban J connectivity index is 2.36. The molecule has 1 aromatic carbocycles. The molecule has 5 nitrogen and oxygen atoms in total. The van der Waals surface area contributed by atoms with Crippen LogP contribution in [0.3, 0.4) is 0 Å². The largest absolute Gasteiger partial charge is 0.369 e. The number of primary amides is 1. The van der Waals surface area contributed by atoms with Crippen molar-refractivity contribution in [2.45, 2.75) is 25.1 Å². The van der Waals surface area contributed by atoms with Crippen molar-refractivity contribution < 1.29 is 19.1 Å². The van der Waals surface area contributed by atoms with E-state index in [9.17, 15) is 19.1 Å². The Bertz CT molecular complexity index is 574. The van der Waals surface area contributed by atoms with E-state index in [1.807, 2.05) is 0 Å². The topological polar surface area (TPSA) is 83.6 Å². The third kappa shape index (κ3) is 2.30. The third-order valence-corrected chi connectivity index (χ3v) is 3.40. The van der Waals surface area contributed by atoms with Gasteiger partial charge in [0.15, 0.2) is 6.23 Å². The molecular formula is C14H15FN2O3. The molecule has 6 heteroatoms. The Morgan fingerprint density at radius 2 is 2.30 bits per heavy atom. The van der Waals surface area contributed by atoms with Gasteiger partial charge in [-0.15, -0.1) is 0 Å². The van der Waals surface area contributed by atoms with Crippen LogP contribution < -0.4 is 5.73 Å². The quantitative estimate of drug-likeness (QED) is 0.785. The highest BCUT2D eigenvalue weighted by Crippen LogP contribution is 2.41. The second kappa shape index (κ2) is 5.42. The molecule has 2 atom stereocenters. The predicted molar refractivity (Wildman–Crippen MR) is 70.5 cm³/mol. The molecular weight excluding hydrogens is 263 g/mol. The van der Waals surface area contributed by atoms with Crippen molar-refractivity contribution in [1.29, 1.82) is 0 Å². The average Bonchev–Trinajstić information content (AvgIpc) is 2.63. The summed E-state index contributed by atoms with van der Waals surface area (Å²) in [7, 11) is 0. The summed E-state index contributed by atoms with van der Waals surface area (Å²) in [5, 5.41) is 10.3. The Morgan fingerprint density at radius 1 is 1.60 bits per heavy atom. The molecule has 0 spiro atoms. The Hall–Kier alpha value is -2.21. The summed E-state index contributed by atoms with van der Waals surface area (Å²) < 4.78 is 13.3. The number of amides is 1. The van der Waals surface area contributed by atoms with E-state index in [0.29, 0.717) is 23.1 Å². The molecule has 0 aliphatic carbocycles. The normalized spacial score (nSPS) is 18.8. The predicted octanol–water partition coefficient (Wildman–Crippen LogP) is 0.936. The number of aldehydes is 1. The van der Waals surface area contributed by atoms with E-state index in [1.54, 1.807) is 0 Å². The highest BCUT2D eigenvalue weighted by molar-refractivity contribution is 5.84. The summed E-state index contributed by atoms with van der Waals surface area (Å²) in [6, 6.07) is 3.08. The maximum Gasteiger partial charge on any atom is 0.240 e. The van der Waals surface area contributed by atoms with Gasteiger partial charge >= 0.3 is 0 Å². The minimum atomic E-state index is -1.20. The van der Waals surface area contributed by atoms with E-state index in [0.717, 1.165) is 0 Å². The number of hydrogen-bond acceptors (Lipinski definition) is 4. The molecule has 1 aliphatic rings. The van der Waals surface area contributed by atoms with Crippen LogP contribution in [0.2, 0.25) is 0 Å². The lowest BCUT2D eigenvalue weighted by molar-refractivity contribution is -0.125. The van der Waals surface area contributed by atoms with Gasteiger partial charge in [0, 0.05) is 23.2 Å². The molecule has 1 amide bonds. The first-order chi connectivity index (χ1) is 9.47. The van der Waals surface area contributed by atoms with Crippen molar-refractivity contribution in [3.05, 3.63) is 41.7 Å². The van der Waals surface area contributed by atoms with Crippen molar-refractivity contribution in [1.82, 2.24) is 4.90 Å². The number of aliphatic hydroxyl groups excluding tert-OH is 1. The summed E-state index contributed by atoms with van der Waals surface area (Å²) in [4.78, 5) is 23.3. The van der Waals surface area contributed by atoms with Gasteiger partial charge in [0.1, 0.15) is 18.1 Å². The fourth-order valence-electron chi connectivity index (χ4n) is 2.45. The van der Waals surface area contributed by atoms with Crippen LogP contribution >= 0.6 is 0 Å². The van der Waals surface area contributed by atoms with Gasteiger partial charge < -0.3 is 20.5 Å². The van der Waals surface area contributed by atoms with Crippen molar-refractivity contribution in [3.8, 4) is 0 Å². The fourth-order valence-corrected chi connectivity index (χ4v) is 2.45. The lowest BCUT2D eigenvalue weighted by atomic mass is 10.1. The summed E-state index contributed by atoms with van der Waals surface area (Å²) in [6.07, 6.45) is -0.217. The van der Waals surface area contributed by atoms with Crippen LogP contribution in [0.15, 0.2) is 24.8 Å². The Morgan fingerprint density at radius 3 is 2.90 bits per heavy atom. The van der Waals surface area contributed by atoms with E-state index < -0.39 is 24.0 Å². The SMILES string of the molecule is C=C1c2ccc(F)cc2C(O)N1C(CCC=O)C(N)=O. The number of fused-ring (bicyclic) bond motifs is 1. The highest BCUT2D eigenvalue weighted by Gasteiger charge is 2.38. The number of halogens is 1. The zero-order valence-electron chi connectivity index (χ0n) is 10.8. The molecule has 20 heavy (non-hydrogen) atoms. The highest BCUT2D eigenvalue weighted by atomic mass is 19.1. The van der Waals surface area contributed by atoms with Crippen molar-refractivity contribution >= 4 is 17.9 Å². The van der Waals surface area contributed by atoms with Gasteiger partial charge in [0.2, 0.25) is 5.91 Å². The number of aliphatic hydroxyl groups is 1.